The summed E-state index contributed by atoms with van der Waals surface area (Å²) in [5.41, 5.74) is 3.04. The summed E-state index contributed by atoms with van der Waals surface area (Å²) in [5.74, 6) is -0.0137. The zero-order valence-corrected chi connectivity index (χ0v) is 21.4. The summed E-state index contributed by atoms with van der Waals surface area (Å²) in [6.07, 6.45) is 27.3. The molecule has 0 bridgehead atoms. The fraction of sp³-hybridized carbons (Fsp3) is 0.452. The summed E-state index contributed by atoms with van der Waals surface area (Å²) >= 11 is 0. The molecule has 1 N–H and O–H groups in total. The molecule has 0 amide bonds. The second-order valence-electron chi connectivity index (χ2n) is 9.13. The van der Waals surface area contributed by atoms with Crippen LogP contribution in [0.1, 0.15) is 72.1 Å². The number of esters is 1. The number of aliphatic hydroxyl groups excluding tert-OH is 1. The van der Waals surface area contributed by atoms with Crippen LogP contribution >= 0.6 is 0 Å². The van der Waals surface area contributed by atoms with Crippen LogP contribution < -0.4 is 0 Å². The van der Waals surface area contributed by atoms with Crippen molar-refractivity contribution in [3.8, 4) is 0 Å². The highest BCUT2D eigenvalue weighted by Gasteiger charge is 2.16. The van der Waals surface area contributed by atoms with Gasteiger partial charge >= 0.3 is 5.97 Å². The lowest BCUT2D eigenvalue weighted by molar-refractivity contribution is -0.148. The van der Waals surface area contributed by atoms with E-state index in [2.05, 4.69) is 39.2 Å². The van der Waals surface area contributed by atoms with E-state index in [-0.39, 0.29) is 24.4 Å². The number of ether oxygens (including phenoxy) is 1. The van der Waals surface area contributed by atoms with Crippen molar-refractivity contribution < 1.29 is 14.6 Å². The Hall–Kier alpha value is -2.65. The van der Waals surface area contributed by atoms with Crippen molar-refractivity contribution in [2.45, 2.75) is 84.3 Å². The Morgan fingerprint density at radius 1 is 1.15 bits per heavy atom. The maximum atomic E-state index is 12.6. The first kappa shape index (κ1) is 29.4. The highest BCUT2D eigenvalue weighted by Crippen LogP contribution is 2.20. The third-order valence-corrected chi connectivity index (χ3v) is 5.99. The van der Waals surface area contributed by atoms with Crippen LogP contribution in [-0.2, 0) is 9.53 Å². The smallest absolute Gasteiger partial charge is 0.310 e. The van der Waals surface area contributed by atoms with E-state index in [0.29, 0.717) is 6.42 Å². The van der Waals surface area contributed by atoms with Crippen molar-refractivity contribution in [3.05, 3.63) is 96.7 Å². The normalized spacial score (nSPS) is 29.9. The summed E-state index contributed by atoms with van der Waals surface area (Å²) in [6, 6.07) is 0. The molecule has 0 radical (unpaired) electrons. The van der Waals surface area contributed by atoms with Crippen molar-refractivity contribution >= 4 is 5.97 Å². The minimum Gasteiger partial charge on any atom is -0.462 e. The number of rotatable bonds is 4. The van der Waals surface area contributed by atoms with E-state index in [4.69, 9.17) is 4.74 Å². The number of hydrogen-bond acceptors (Lipinski definition) is 3. The first-order chi connectivity index (χ1) is 16.3. The van der Waals surface area contributed by atoms with Gasteiger partial charge in [-0.05, 0) is 63.9 Å². The Bertz CT molecular complexity index is 820. The molecule has 1 aliphatic rings. The molecule has 0 fully saturated rings. The quantitative estimate of drug-likeness (QED) is 0.261. The third-order valence-electron chi connectivity index (χ3n) is 5.99. The van der Waals surface area contributed by atoms with Gasteiger partial charge in [0.05, 0.1) is 12.5 Å². The topological polar surface area (TPSA) is 46.5 Å². The van der Waals surface area contributed by atoms with E-state index in [1.165, 1.54) is 5.57 Å². The van der Waals surface area contributed by atoms with Crippen molar-refractivity contribution in [3.63, 3.8) is 0 Å². The van der Waals surface area contributed by atoms with Crippen molar-refractivity contribution in [2.24, 2.45) is 5.92 Å². The Balaban J connectivity index is 2.93. The molecule has 0 aliphatic carbocycles. The number of allylic oxidation sites excluding steroid dienone is 11. The van der Waals surface area contributed by atoms with Gasteiger partial charge in [0.15, 0.2) is 0 Å². The zero-order chi connectivity index (χ0) is 25.2. The molecule has 3 nitrogen and oxygen atoms in total. The first-order valence-electron chi connectivity index (χ1n) is 12.5. The SMILES string of the molecule is C=C/C=C(\C)CCC1C/C=C/C=C(\C)C(O)CCC/C=C/C=C/C=C\CC(C)C(=C)CC(=O)O1. The van der Waals surface area contributed by atoms with Crippen LogP contribution in [0.5, 0.6) is 0 Å². The van der Waals surface area contributed by atoms with Crippen molar-refractivity contribution in [2.75, 3.05) is 0 Å². The Kier molecular flexibility index (Phi) is 15.4. The number of carbonyl (C=O) groups excluding carboxylic acids is 1. The number of aliphatic hydroxyl groups is 1. The monoisotopic (exact) mass is 464 g/mol. The van der Waals surface area contributed by atoms with Gasteiger partial charge in [-0.2, -0.15) is 0 Å². The molecule has 3 heteroatoms. The summed E-state index contributed by atoms with van der Waals surface area (Å²) < 4.78 is 5.85. The zero-order valence-electron chi connectivity index (χ0n) is 21.4. The average molecular weight is 465 g/mol. The maximum Gasteiger partial charge on any atom is 0.310 e. The molecule has 0 aromatic carbocycles. The van der Waals surface area contributed by atoms with Crippen molar-refractivity contribution in [1.29, 1.82) is 0 Å². The standard InChI is InChI=1S/C31H44O3/c1-6-17-25(2)22-23-29-20-16-15-19-27(4)30(32)21-14-12-10-8-7-9-11-13-18-26(3)28(5)24-31(33)34-29/h6-11,13,15-17,19,26,29-30,32H,1,5,12,14,18,20-24H2,2-4H3/b9-7+,10-8+,13-11-,16-15+,25-17+,27-19+. The fourth-order valence-electron chi connectivity index (χ4n) is 3.53. The molecule has 0 spiro atoms. The minimum atomic E-state index is -0.442. The minimum absolute atomic E-state index is 0.201. The lowest BCUT2D eigenvalue weighted by Crippen LogP contribution is -2.19. The van der Waals surface area contributed by atoms with Crippen LogP contribution in [-0.4, -0.2) is 23.3 Å². The van der Waals surface area contributed by atoms with Gasteiger partial charge in [0.1, 0.15) is 6.10 Å². The highest BCUT2D eigenvalue weighted by atomic mass is 16.5. The summed E-state index contributed by atoms with van der Waals surface area (Å²) in [7, 11) is 0. The van der Waals surface area contributed by atoms with E-state index in [1.54, 1.807) is 6.08 Å². The van der Waals surface area contributed by atoms with Crippen LogP contribution in [0, 0.1) is 5.92 Å². The van der Waals surface area contributed by atoms with Gasteiger partial charge in [-0.15, -0.1) is 0 Å². The Morgan fingerprint density at radius 3 is 2.59 bits per heavy atom. The molecule has 1 rings (SSSR count). The van der Waals surface area contributed by atoms with Crippen LogP contribution in [0.2, 0.25) is 0 Å². The van der Waals surface area contributed by atoms with Gasteiger partial charge in [-0.25, -0.2) is 0 Å². The van der Waals surface area contributed by atoms with Gasteiger partial charge in [0.2, 0.25) is 0 Å². The number of carbonyl (C=O) groups is 1. The molecule has 3 unspecified atom stereocenters. The summed E-state index contributed by atoms with van der Waals surface area (Å²) in [5, 5.41) is 10.4. The van der Waals surface area contributed by atoms with Gasteiger partial charge in [-0.3, -0.25) is 4.79 Å². The fourth-order valence-corrected chi connectivity index (χ4v) is 3.53. The van der Waals surface area contributed by atoms with Gasteiger partial charge in [-0.1, -0.05) is 98.1 Å². The highest BCUT2D eigenvalue weighted by molar-refractivity contribution is 5.72. The van der Waals surface area contributed by atoms with Gasteiger partial charge < -0.3 is 9.84 Å². The molecular formula is C31H44O3. The second-order valence-corrected chi connectivity index (χ2v) is 9.13. The predicted molar refractivity (Wildman–Crippen MR) is 145 cm³/mol. The number of hydrogen-bond donors (Lipinski definition) is 1. The van der Waals surface area contributed by atoms with Crippen LogP contribution in [0.25, 0.3) is 0 Å². The van der Waals surface area contributed by atoms with Crippen LogP contribution in [0.4, 0.5) is 0 Å². The molecule has 0 saturated carbocycles. The van der Waals surface area contributed by atoms with E-state index in [9.17, 15) is 9.90 Å². The Morgan fingerprint density at radius 2 is 1.85 bits per heavy atom. The summed E-state index contributed by atoms with van der Waals surface area (Å²) in [4.78, 5) is 12.6. The molecule has 1 heterocycles. The van der Waals surface area contributed by atoms with Gasteiger partial charge in [0.25, 0.3) is 0 Å². The number of cyclic esters (lactones) is 1. The largest absolute Gasteiger partial charge is 0.462 e. The molecule has 0 saturated heterocycles. The molecule has 0 aromatic rings. The summed E-state index contributed by atoms with van der Waals surface area (Å²) in [6.45, 7) is 14.0. The van der Waals surface area contributed by atoms with Gasteiger partial charge in [0, 0.05) is 6.42 Å². The molecule has 0 aromatic heterocycles. The van der Waals surface area contributed by atoms with E-state index in [1.807, 2.05) is 55.5 Å². The average Bonchev–Trinajstić information content (AvgIpc) is 2.80. The first-order valence-corrected chi connectivity index (χ1v) is 12.5. The van der Waals surface area contributed by atoms with Crippen LogP contribution in [0.3, 0.4) is 0 Å². The lowest BCUT2D eigenvalue weighted by Gasteiger charge is -2.18. The lowest BCUT2D eigenvalue weighted by atomic mass is 9.96. The van der Waals surface area contributed by atoms with Crippen molar-refractivity contribution in [1.82, 2.24) is 0 Å². The molecule has 34 heavy (non-hydrogen) atoms. The van der Waals surface area contributed by atoms with E-state index in [0.717, 1.165) is 49.7 Å². The maximum absolute atomic E-state index is 12.6. The molecule has 3 atom stereocenters. The predicted octanol–water partition coefficient (Wildman–Crippen LogP) is 7.89. The molecular weight excluding hydrogens is 420 g/mol. The second kappa shape index (κ2) is 17.8. The third kappa shape index (κ3) is 13.8. The Labute approximate surface area is 207 Å². The van der Waals surface area contributed by atoms with Crippen LogP contribution in [0.15, 0.2) is 96.7 Å². The molecule has 186 valence electrons. The van der Waals surface area contributed by atoms with E-state index >= 15 is 0 Å². The molecule has 1 aliphatic heterocycles. The van der Waals surface area contributed by atoms with E-state index < -0.39 is 6.10 Å².